The highest BCUT2D eigenvalue weighted by Gasteiger charge is 1.93. The molecular formula is C13H12ClNO. The Morgan fingerprint density at radius 2 is 1.62 bits per heavy atom. The maximum absolute atomic E-state index is 9.52. The third kappa shape index (κ3) is 3.11. The molecule has 2 nitrogen and oxygen atoms in total. The molecule has 0 spiro atoms. The molecule has 0 aliphatic rings. The number of aromatic nitrogens is 1. The minimum atomic E-state index is 0. The van der Waals surface area contributed by atoms with Crippen LogP contribution < -0.4 is 0 Å². The van der Waals surface area contributed by atoms with Crippen LogP contribution in [-0.2, 0) is 0 Å². The maximum atomic E-state index is 9.52. The fourth-order valence-electron chi connectivity index (χ4n) is 1.29. The van der Waals surface area contributed by atoms with Crippen molar-refractivity contribution in [2.45, 2.75) is 0 Å². The molecule has 1 N–H and O–H groups in total. The van der Waals surface area contributed by atoms with Crippen LogP contribution in [0.5, 0.6) is 5.75 Å². The van der Waals surface area contributed by atoms with Crippen molar-refractivity contribution in [3.63, 3.8) is 0 Å². The van der Waals surface area contributed by atoms with E-state index in [0.29, 0.717) is 5.75 Å². The Hall–Kier alpha value is -1.80. The fourth-order valence-corrected chi connectivity index (χ4v) is 1.29. The molecule has 0 bridgehead atoms. The van der Waals surface area contributed by atoms with E-state index in [9.17, 15) is 5.11 Å². The van der Waals surface area contributed by atoms with Gasteiger partial charge in [-0.1, -0.05) is 30.4 Å². The molecule has 1 aromatic carbocycles. The minimum Gasteiger partial charge on any atom is -0.507 e. The maximum Gasteiger partial charge on any atom is 0.122 e. The van der Waals surface area contributed by atoms with E-state index in [1.54, 1.807) is 24.5 Å². The number of aromatic hydroxyl groups is 1. The van der Waals surface area contributed by atoms with Crippen LogP contribution >= 0.6 is 12.4 Å². The molecule has 0 unspecified atom stereocenters. The molecule has 1 aromatic heterocycles. The van der Waals surface area contributed by atoms with Gasteiger partial charge in [0.05, 0.1) is 0 Å². The first kappa shape index (κ1) is 12.3. The van der Waals surface area contributed by atoms with Gasteiger partial charge in [0.1, 0.15) is 5.75 Å². The summed E-state index contributed by atoms with van der Waals surface area (Å²) in [6, 6.07) is 11.1. The van der Waals surface area contributed by atoms with Gasteiger partial charge in [0.2, 0.25) is 0 Å². The van der Waals surface area contributed by atoms with Crippen LogP contribution in [-0.4, -0.2) is 10.1 Å². The van der Waals surface area contributed by atoms with E-state index in [1.807, 2.05) is 36.4 Å². The van der Waals surface area contributed by atoms with Crippen LogP contribution in [0.3, 0.4) is 0 Å². The molecule has 16 heavy (non-hydrogen) atoms. The summed E-state index contributed by atoms with van der Waals surface area (Å²) in [5, 5.41) is 9.52. The van der Waals surface area contributed by atoms with Gasteiger partial charge in [-0.2, -0.15) is 0 Å². The highest BCUT2D eigenvalue weighted by atomic mass is 35.5. The topological polar surface area (TPSA) is 33.1 Å². The number of phenolic OH excluding ortho intramolecular Hbond substituents is 1. The number of rotatable bonds is 2. The lowest BCUT2D eigenvalue weighted by atomic mass is 10.1. The van der Waals surface area contributed by atoms with Gasteiger partial charge in [0.25, 0.3) is 0 Å². The van der Waals surface area contributed by atoms with E-state index in [0.717, 1.165) is 11.1 Å². The number of halogens is 1. The van der Waals surface area contributed by atoms with Gasteiger partial charge in [-0.3, -0.25) is 4.98 Å². The molecule has 82 valence electrons. The summed E-state index contributed by atoms with van der Waals surface area (Å²) in [5.74, 6) is 0.294. The molecule has 2 rings (SSSR count). The van der Waals surface area contributed by atoms with Crippen LogP contribution in [0, 0.1) is 0 Å². The predicted octanol–water partition coefficient (Wildman–Crippen LogP) is 3.38. The summed E-state index contributed by atoms with van der Waals surface area (Å²) in [6.45, 7) is 0. The van der Waals surface area contributed by atoms with Crippen LogP contribution in [0.4, 0.5) is 0 Å². The molecule has 0 aliphatic heterocycles. The van der Waals surface area contributed by atoms with E-state index in [2.05, 4.69) is 4.98 Å². The number of pyridine rings is 1. The number of nitrogens with zero attached hydrogens (tertiary/aromatic N) is 1. The average Bonchev–Trinajstić information content (AvgIpc) is 2.29. The SMILES string of the molecule is Cl.Oc1ccccc1/C=C/c1ccncc1. The zero-order chi connectivity index (χ0) is 10.5. The highest BCUT2D eigenvalue weighted by Crippen LogP contribution is 2.18. The molecule has 3 heteroatoms. The van der Waals surface area contributed by atoms with Gasteiger partial charge in [-0.05, 0) is 23.8 Å². The van der Waals surface area contributed by atoms with Crippen LogP contribution in [0.1, 0.15) is 11.1 Å². The monoisotopic (exact) mass is 233 g/mol. The molecule has 0 atom stereocenters. The van der Waals surface area contributed by atoms with Crippen molar-refractivity contribution in [1.82, 2.24) is 4.98 Å². The first-order valence-corrected chi connectivity index (χ1v) is 4.72. The molecule has 0 aliphatic carbocycles. The van der Waals surface area contributed by atoms with E-state index in [4.69, 9.17) is 0 Å². The fraction of sp³-hybridized carbons (Fsp3) is 0. The molecule has 0 saturated heterocycles. The molecule has 1 heterocycles. The summed E-state index contributed by atoms with van der Waals surface area (Å²) in [7, 11) is 0. The molecule has 0 saturated carbocycles. The Morgan fingerprint density at radius 1 is 0.938 bits per heavy atom. The number of hydrogen-bond acceptors (Lipinski definition) is 2. The molecule has 0 radical (unpaired) electrons. The quantitative estimate of drug-likeness (QED) is 0.863. The predicted molar refractivity (Wildman–Crippen MR) is 68.5 cm³/mol. The van der Waals surface area contributed by atoms with Crippen LogP contribution in [0.15, 0.2) is 48.8 Å². The number of para-hydroxylation sites is 1. The molecule has 0 fully saturated rings. The lowest BCUT2D eigenvalue weighted by molar-refractivity contribution is 0.474. The Labute approximate surface area is 101 Å². The number of hydrogen-bond donors (Lipinski definition) is 1. The second-order valence-electron chi connectivity index (χ2n) is 3.17. The normalized spacial score (nSPS) is 10.0. The number of benzene rings is 1. The Balaban J connectivity index is 0.00000128. The van der Waals surface area contributed by atoms with E-state index >= 15 is 0 Å². The third-order valence-corrected chi connectivity index (χ3v) is 2.10. The van der Waals surface area contributed by atoms with E-state index in [1.165, 1.54) is 0 Å². The zero-order valence-electron chi connectivity index (χ0n) is 8.58. The van der Waals surface area contributed by atoms with Gasteiger partial charge >= 0.3 is 0 Å². The van der Waals surface area contributed by atoms with Crippen LogP contribution in [0.2, 0.25) is 0 Å². The minimum absolute atomic E-state index is 0. The summed E-state index contributed by atoms with van der Waals surface area (Å²) in [6.07, 6.45) is 7.30. The van der Waals surface area contributed by atoms with Crippen molar-refractivity contribution in [2.75, 3.05) is 0 Å². The molecule has 0 amide bonds. The van der Waals surface area contributed by atoms with Crippen molar-refractivity contribution in [2.24, 2.45) is 0 Å². The van der Waals surface area contributed by atoms with Gasteiger partial charge in [0, 0.05) is 18.0 Å². The van der Waals surface area contributed by atoms with Gasteiger partial charge < -0.3 is 5.11 Å². The summed E-state index contributed by atoms with van der Waals surface area (Å²) >= 11 is 0. The largest absolute Gasteiger partial charge is 0.507 e. The Bertz CT molecular complexity index is 468. The van der Waals surface area contributed by atoms with Gasteiger partial charge in [0.15, 0.2) is 0 Å². The zero-order valence-corrected chi connectivity index (χ0v) is 9.39. The standard InChI is InChI=1S/C13H11NO.ClH/c15-13-4-2-1-3-12(13)6-5-11-7-9-14-10-8-11;/h1-10,15H;1H/b6-5+;. The smallest absolute Gasteiger partial charge is 0.122 e. The third-order valence-electron chi connectivity index (χ3n) is 2.10. The molecule has 2 aromatic rings. The highest BCUT2D eigenvalue weighted by molar-refractivity contribution is 5.85. The summed E-state index contributed by atoms with van der Waals surface area (Å²) in [5.41, 5.74) is 1.88. The second kappa shape index (κ2) is 5.93. The summed E-state index contributed by atoms with van der Waals surface area (Å²) in [4.78, 5) is 3.93. The van der Waals surface area contributed by atoms with Crippen molar-refractivity contribution < 1.29 is 5.11 Å². The van der Waals surface area contributed by atoms with Gasteiger partial charge in [-0.15, -0.1) is 12.4 Å². The first-order valence-electron chi connectivity index (χ1n) is 4.72. The van der Waals surface area contributed by atoms with Crippen molar-refractivity contribution in [3.8, 4) is 5.75 Å². The van der Waals surface area contributed by atoms with Crippen molar-refractivity contribution in [3.05, 3.63) is 59.9 Å². The van der Waals surface area contributed by atoms with Crippen molar-refractivity contribution in [1.29, 1.82) is 0 Å². The van der Waals surface area contributed by atoms with Crippen molar-refractivity contribution >= 4 is 24.6 Å². The average molecular weight is 234 g/mol. The van der Waals surface area contributed by atoms with Crippen LogP contribution in [0.25, 0.3) is 12.2 Å². The number of phenols is 1. The second-order valence-corrected chi connectivity index (χ2v) is 3.17. The van der Waals surface area contributed by atoms with Gasteiger partial charge in [-0.25, -0.2) is 0 Å². The van der Waals surface area contributed by atoms with E-state index in [-0.39, 0.29) is 12.4 Å². The lowest BCUT2D eigenvalue weighted by Crippen LogP contribution is -1.74. The Kier molecular flexibility index (Phi) is 4.55. The lowest BCUT2D eigenvalue weighted by Gasteiger charge is -1.97. The Morgan fingerprint density at radius 3 is 2.31 bits per heavy atom. The van der Waals surface area contributed by atoms with E-state index < -0.39 is 0 Å². The molecular weight excluding hydrogens is 222 g/mol. The first-order chi connectivity index (χ1) is 7.36. The summed E-state index contributed by atoms with van der Waals surface area (Å²) < 4.78 is 0.